The number of nitrogens with zero attached hydrogens (tertiary/aromatic N) is 2. The van der Waals surface area contributed by atoms with Gasteiger partial charge in [-0.3, -0.25) is 13.9 Å². The van der Waals surface area contributed by atoms with E-state index in [4.69, 9.17) is 0 Å². The van der Waals surface area contributed by atoms with Gasteiger partial charge in [-0.25, -0.2) is 8.42 Å². The summed E-state index contributed by atoms with van der Waals surface area (Å²) in [6.07, 6.45) is 2.87. The van der Waals surface area contributed by atoms with Crippen LogP contribution in [-0.4, -0.2) is 50.5 Å². The Morgan fingerprint density at radius 1 is 0.972 bits per heavy atom. The number of fused-ring (bicyclic) bond motifs is 1. The van der Waals surface area contributed by atoms with Crippen LogP contribution in [0.4, 0.5) is 5.69 Å². The molecule has 3 rings (SSSR count). The van der Waals surface area contributed by atoms with Crippen molar-refractivity contribution in [2.24, 2.45) is 0 Å². The number of carbonyl (C=O) groups excluding carboxylic acids is 2. The maximum Gasteiger partial charge on any atom is 0.244 e. The lowest BCUT2D eigenvalue weighted by molar-refractivity contribution is -0.139. The zero-order chi connectivity index (χ0) is 26.3. The van der Waals surface area contributed by atoms with Gasteiger partial charge in [0.05, 0.1) is 11.9 Å². The molecule has 0 heterocycles. The number of aryl methyl sites for hydroxylation is 1. The van der Waals surface area contributed by atoms with Crippen LogP contribution in [0, 0.1) is 6.92 Å². The van der Waals surface area contributed by atoms with Crippen molar-refractivity contribution in [1.82, 2.24) is 10.2 Å². The van der Waals surface area contributed by atoms with Crippen LogP contribution in [0.25, 0.3) is 10.8 Å². The van der Waals surface area contributed by atoms with Crippen molar-refractivity contribution in [2.75, 3.05) is 23.7 Å². The molecule has 0 radical (unpaired) electrons. The molecule has 3 aromatic rings. The highest BCUT2D eigenvalue weighted by Gasteiger charge is 2.30. The predicted molar refractivity (Wildman–Crippen MR) is 145 cm³/mol. The maximum atomic E-state index is 13.7. The van der Waals surface area contributed by atoms with Crippen molar-refractivity contribution >= 4 is 38.3 Å². The first-order valence-electron chi connectivity index (χ1n) is 12.2. The molecule has 0 aliphatic rings. The summed E-state index contributed by atoms with van der Waals surface area (Å²) < 4.78 is 26.9. The average molecular weight is 510 g/mol. The van der Waals surface area contributed by atoms with E-state index in [9.17, 15) is 18.0 Å². The third kappa shape index (κ3) is 6.85. The number of amides is 2. The topological polar surface area (TPSA) is 86.8 Å². The van der Waals surface area contributed by atoms with Gasteiger partial charge in [-0.15, -0.1) is 0 Å². The minimum Gasteiger partial charge on any atom is -0.354 e. The van der Waals surface area contributed by atoms with Gasteiger partial charge in [-0.2, -0.15) is 0 Å². The first kappa shape index (κ1) is 27.2. The van der Waals surface area contributed by atoms with Gasteiger partial charge in [-0.1, -0.05) is 79.6 Å². The molecule has 1 atom stereocenters. The molecule has 2 amide bonds. The number of anilines is 1. The van der Waals surface area contributed by atoms with Crippen LogP contribution in [-0.2, 0) is 26.2 Å². The minimum atomic E-state index is -3.79. The summed E-state index contributed by atoms with van der Waals surface area (Å²) in [7, 11) is -3.79. The second kappa shape index (κ2) is 12.0. The van der Waals surface area contributed by atoms with Crippen LogP contribution in [0.15, 0.2) is 66.7 Å². The lowest BCUT2D eigenvalue weighted by Crippen LogP contribution is -2.51. The Morgan fingerprint density at radius 2 is 1.64 bits per heavy atom. The largest absolute Gasteiger partial charge is 0.354 e. The summed E-state index contributed by atoms with van der Waals surface area (Å²) in [5.41, 5.74) is 2.37. The summed E-state index contributed by atoms with van der Waals surface area (Å²) in [4.78, 5) is 28.0. The van der Waals surface area contributed by atoms with Crippen molar-refractivity contribution in [2.45, 2.75) is 46.2 Å². The summed E-state index contributed by atoms with van der Waals surface area (Å²) in [6.45, 7) is 5.99. The van der Waals surface area contributed by atoms with E-state index in [2.05, 4.69) is 5.32 Å². The van der Waals surface area contributed by atoms with E-state index in [0.717, 1.165) is 45.3 Å². The minimum absolute atomic E-state index is 0.189. The van der Waals surface area contributed by atoms with E-state index in [1.54, 1.807) is 19.1 Å². The van der Waals surface area contributed by atoms with Gasteiger partial charge >= 0.3 is 0 Å². The van der Waals surface area contributed by atoms with Crippen molar-refractivity contribution < 1.29 is 18.0 Å². The monoisotopic (exact) mass is 509 g/mol. The van der Waals surface area contributed by atoms with Gasteiger partial charge < -0.3 is 10.2 Å². The molecule has 8 heteroatoms. The van der Waals surface area contributed by atoms with Gasteiger partial charge in [0.25, 0.3) is 0 Å². The number of rotatable bonds is 11. The zero-order valence-electron chi connectivity index (χ0n) is 21.4. The molecule has 7 nitrogen and oxygen atoms in total. The summed E-state index contributed by atoms with van der Waals surface area (Å²) in [5.74, 6) is -0.716. The molecule has 1 N–H and O–H groups in total. The Labute approximate surface area is 214 Å². The number of unbranched alkanes of at least 4 members (excludes halogenated alkanes) is 1. The lowest BCUT2D eigenvalue weighted by Gasteiger charge is -2.32. The van der Waals surface area contributed by atoms with E-state index in [1.165, 1.54) is 4.90 Å². The molecule has 0 saturated heterocycles. The van der Waals surface area contributed by atoms with Gasteiger partial charge in [0.2, 0.25) is 21.8 Å². The number of benzene rings is 3. The first-order chi connectivity index (χ1) is 17.1. The van der Waals surface area contributed by atoms with E-state index >= 15 is 0 Å². The highest BCUT2D eigenvalue weighted by molar-refractivity contribution is 7.92. The Kier molecular flexibility index (Phi) is 9.09. The Balaban J connectivity index is 1.95. The number of hydrogen-bond donors (Lipinski definition) is 1. The summed E-state index contributed by atoms with van der Waals surface area (Å²) >= 11 is 0. The van der Waals surface area contributed by atoms with Crippen molar-refractivity contribution in [3.63, 3.8) is 0 Å². The SMILES string of the molecule is CCCCNC(=O)[C@@H](C)N(Cc1ccc(C)cc1)C(=O)CN(c1cccc2ccccc12)S(C)(=O)=O. The average Bonchev–Trinajstić information content (AvgIpc) is 2.85. The maximum absolute atomic E-state index is 13.7. The number of carbonyl (C=O) groups is 2. The highest BCUT2D eigenvalue weighted by Crippen LogP contribution is 2.28. The third-order valence-electron chi connectivity index (χ3n) is 6.18. The standard InChI is InChI=1S/C28H35N3O4S/c1-5-6-18-29-28(33)22(3)30(19-23-16-14-21(2)15-17-23)27(32)20-31(36(4,34)35)26-13-9-11-24-10-7-8-12-25(24)26/h7-17,22H,5-6,18-20H2,1-4H3,(H,29,33)/t22-/m1/s1. The number of nitrogens with one attached hydrogen (secondary N) is 1. The summed E-state index contributed by atoms with van der Waals surface area (Å²) in [5, 5.41) is 4.49. The fourth-order valence-corrected chi connectivity index (χ4v) is 4.89. The van der Waals surface area contributed by atoms with E-state index in [1.807, 2.05) is 68.4 Å². The molecule has 0 aliphatic carbocycles. The van der Waals surface area contributed by atoms with Crippen LogP contribution in [0.2, 0.25) is 0 Å². The second-order valence-corrected chi connectivity index (χ2v) is 11.0. The molecule has 0 bridgehead atoms. The third-order valence-corrected chi connectivity index (χ3v) is 7.31. The molecule has 0 saturated carbocycles. The van der Waals surface area contributed by atoms with E-state index < -0.39 is 28.5 Å². The van der Waals surface area contributed by atoms with Crippen LogP contribution in [0.1, 0.15) is 37.8 Å². The molecule has 0 unspecified atom stereocenters. The quantitative estimate of drug-likeness (QED) is 0.392. The molecule has 0 spiro atoms. The van der Waals surface area contributed by atoms with Gasteiger partial charge in [0.15, 0.2) is 0 Å². The second-order valence-electron chi connectivity index (χ2n) is 9.10. The van der Waals surface area contributed by atoms with Gasteiger partial charge in [0.1, 0.15) is 12.6 Å². The van der Waals surface area contributed by atoms with E-state index in [-0.39, 0.29) is 12.5 Å². The normalized spacial score (nSPS) is 12.2. The zero-order valence-corrected chi connectivity index (χ0v) is 22.2. The molecular weight excluding hydrogens is 474 g/mol. The van der Waals surface area contributed by atoms with Gasteiger partial charge in [0, 0.05) is 18.5 Å². The van der Waals surface area contributed by atoms with Crippen molar-refractivity contribution in [3.05, 3.63) is 77.9 Å². The fourth-order valence-electron chi connectivity index (χ4n) is 4.03. The highest BCUT2D eigenvalue weighted by atomic mass is 32.2. The van der Waals surface area contributed by atoms with Crippen LogP contribution < -0.4 is 9.62 Å². The summed E-state index contributed by atoms with van der Waals surface area (Å²) in [6, 6.07) is 19.8. The predicted octanol–water partition coefficient (Wildman–Crippen LogP) is 4.25. The van der Waals surface area contributed by atoms with Crippen molar-refractivity contribution in [3.8, 4) is 0 Å². The fraction of sp³-hybridized carbons (Fsp3) is 0.357. The van der Waals surface area contributed by atoms with Crippen LogP contribution >= 0.6 is 0 Å². The Bertz CT molecular complexity index is 1300. The first-order valence-corrected chi connectivity index (χ1v) is 14.0. The van der Waals surface area contributed by atoms with Crippen LogP contribution in [0.5, 0.6) is 0 Å². The molecule has 0 aromatic heterocycles. The number of hydrogen-bond acceptors (Lipinski definition) is 4. The van der Waals surface area contributed by atoms with Crippen LogP contribution in [0.3, 0.4) is 0 Å². The van der Waals surface area contributed by atoms with Gasteiger partial charge in [-0.05, 0) is 37.3 Å². The number of sulfonamides is 1. The molecule has 36 heavy (non-hydrogen) atoms. The lowest BCUT2D eigenvalue weighted by atomic mass is 10.1. The molecule has 192 valence electrons. The smallest absolute Gasteiger partial charge is 0.244 e. The molecule has 3 aromatic carbocycles. The van der Waals surface area contributed by atoms with Crippen molar-refractivity contribution in [1.29, 1.82) is 0 Å². The van der Waals surface area contributed by atoms with E-state index in [0.29, 0.717) is 12.2 Å². The Morgan fingerprint density at radius 3 is 2.31 bits per heavy atom. The molecular formula is C28H35N3O4S. The molecule has 0 fully saturated rings. The Hall–Kier alpha value is -3.39. The molecule has 0 aliphatic heterocycles.